The van der Waals surface area contributed by atoms with Gasteiger partial charge in [-0.2, -0.15) is 0 Å². The Morgan fingerprint density at radius 1 is 1.12 bits per heavy atom. The largest absolute Gasteiger partial charge is 0.352 e. The van der Waals surface area contributed by atoms with Crippen molar-refractivity contribution < 1.29 is 4.79 Å². The average molecular weight is 354 g/mol. The number of hydrogen-bond acceptors (Lipinski definition) is 4. The van der Waals surface area contributed by atoms with Gasteiger partial charge in [0.1, 0.15) is 6.54 Å². The fourth-order valence-electron chi connectivity index (χ4n) is 3.53. The van der Waals surface area contributed by atoms with Crippen LogP contribution in [0.5, 0.6) is 0 Å². The van der Waals surface area contributed by atoms with E-state index in [4.69, 9.17) is 0 Å². The van der Waals surface area contributed by atoms with Crippen molar-refractivity contribution in [2.24, 2.45) is 0 Å². The molecule has 1 aliphatic carbocycles. The summed E-state index contributed by atoms with van der Waals surface area (Å²) in [4.78, 5) is 29.3. The van der Waals surface area contributed by atoms with Crippen LogP contribution in [0.25, 0.3) is 0 Å². The molecule has 1 fully saturated rings. The molecule has 1 heterocycles. The molecule has 1 aromatic heterocycles. The summed E-state index contributed by atoms with van der Waals surface area (Å²) in [5.41, 5.74) is 3.48. The number of benzene rings is 1. The molecule has 0 radical (unpaired) electrons. The molecule has 0 aliphatic heterocycles. The van der Waals surface area contributed by atoms with Gasteiger partial charge in [-0.05, 0) is 56.9 Å². The zero-order valence-corrected chi connectivity index (χ0v) is 15.6. The van der Waals surface area contributed by atoms with Crippen molar-refractivity contribution >= 4 is 17.5 Å². The zero-order valence-electron chi connectivity index (χ0n) is 15.6. The van der Waals surface area contributed by atoms with E-state index in [1.807, 2.05) is 26.0 Å². The van der Waals surface area contributed by atoms with Crippen LogP contribution >= 0.6 is 0 Å². The fourth-order valence-corrected chi connectivity index (χ4v) is 3.53. The van der Waals surface area contributed by atoms with Gasteiger partial charge < -0.3 is 10.6 Å². The Kier molecular flexibility index (Phi) is 5.40. The topological polar surface area (TPSA) is 76.0 Å². The van der Waals surface area contributed by atoms with Crippen molar-refractivity contribution in [1.82, 2.24) is 14.9 Å². The first-order valence-corrected chi connectivity index (χ1v) is 9.14. The predicted octanol–water partition coefficient (Wildman–Crippen LogP) is 2.97. The van der Waals surface area contributed by atoms with Gasteiger partial charge in [-0.1, -0.05) is 18.9 Å². The SMILES string of the molecule is Cc1cc(C)cc(Nc2nc(C)cc(=O)n2CC(=O)NC2CCCC2)c1. The fraction of sp³-hybridized carbons (Fsp3) is 0.450. The van der Waals surface area contributed by atoms with Crippen LogP contribution in [0.15, 0.2) is 29.1 Å². The van der Waals surface area contributed by atoms with Crippen LogP contribution in [0.4, 0.5) is 11.6 Å². The maximum Gasteiger partial charge on any atom is 0.255 e. The Morgan fingerprint density at radius 3 is 2.42 bits per heavy atom. The minimum atomic E-state index is -0.231. The lowest BCUT2D eigenvalue weighted by Crippen LogP contribution is -2.38. The summed E-state index contributed by atoms with van der Waals surface area (Å²) >= 11 is 0. The van der Waals surface area contributed by atoms with Gasteiger partial charge in [0.2, 0.25) is 11.9 Å². The maximum atomic E-state index is 12.5. The van der Waals surface area contributed by atoms with E-state index in [0.717, 1.165) is 42.5 Å². The molecule has 0 saturated heterocycles. The quantitative estimate of drug-likeness (QED) is 0.865. The summed E-state index contributed by atoms with van der Waals surface area (Å²) < 4.78 is 1.40. The van der Waals surface area contributed by atoms with Gasteiger partial charge in [-0.15, -0.1) is 0 Å². The summed E-state index contributed by atoms with van der Waals surface area (Å²) in [5.74, 6) is 0.245. The number of aryl methyl sites for hydroxylation is 3. The van der Waals surface area contributed by atoms with E-state index in [1.54, 1.807) is 6.92 Å². The molecule has 138 valence electrons. The van der Waals surface area contributed by atoms with E-state index in [1.165, 1.54) is 10.6 Å². The van der Waals surface area contributed by atoms with Crippen LogP contribution < -0.4 is 16.2 Å². The number of aromatic nitrogens is 2. The average Bonchev–Trinajstić information content (AvgIpc) is 3.02. The highest BCUT2D eigenvalue weighted by Gasteiger charge is 2.18. The maximum absolute atomic E-state index is 12.5. The molecule has 2 aromatic rings. The third-order valence-electron chi connectivity index (χ3n) is 4.64. The Hall–Kier alpha value is -2.63. The van der Waals surface area contributed by atoms with E-state index in [0.29, 0.717) is 11.6 Å². The third-order valence-corrected chi connectivity index (χ3v) is 4.64. The molecule has 26 heavy (non-hydrogen) atoms. The molecule has 1 aliphatic rings. The lowest BCUT2D eigenvalue weighted by molar-refractivity contribution is -0.122. The number of hydrogen-bond donors (Lipinski definition) is 2. The van der Waals surface area contributed by atoms with Crippen LogP contribution in [0.1, 0.15) is 42.5 Å². The van der Waals surface area contributed by atoms with Crippen molar-refractivity contribution in [3.05, 3.63) is 51.4 Å². The molecule has 0 atom stereocenters. The molecule has 0 bridgehead atoms. The van der Waals surface area contributed by atoms with Gasteiger partial charge in [0.25, 0.3) is 5.56 Å². The molecule has 0 unspecified atom stereocenters. The van der Waals surface area contributed by atoms with Crippen molar-refractivity contribution in [3.63, 3.8) is 0 Å². The van der Waals surface area contributed by atoms with Gasteiger partial charge in [-0.25, -0.2) is 4.98 Å². The van der Waals surface area contributed by atoms with Crippen LogP contribution in [-0.2, 0) is 11.3 Å². The van der Waals surface area contributed by atoms with Crippen LogP contribution in [-0.4, -0.2) is 21.5 Å². The lowest BCUT2D eigenvalue weighted by atomic mass is 10.1. The van der Waals surface area contributed by atoms with E-state index < -0.39 is 0 Å². The molecule has 6 nitrogen and oxygen atoms in total. The van der Waals surface area contributed by atoms with Crippen LogP contribution in [0.3, 0.4) is 0 Å². The third kappa shape index (κ3) is 4.50. The lowest BCUT2D eigenvalue weighted by Gasteiger charge is -2.16. The first-order valence-electron chi connectivity index (χ1n) is 9.14. The number of nitrogens with zero attached hydrogens (tertiary/aromatic N) is 2. The Balaban J connectivity index is 1.84. The van der Waals surface area contributed by atoms with Crippen molar-refractivity contribution in [3.8, 4) is 0 Å². The summed E-state index contributed by atoms with van der Waals surface area (Å²) in [7, 11) is 0. The molecular formula is C20H26N4O2. The van der Waals surface area contributed by atoms with E-state index in [2.05, 4.69) is 21.7 Å². The minimum absolute atomic E-state index is 0.0320. The number of carbonyl (C=O) groups excluding carboxylic acids is 1. The van der Waals surface area contributed by atoms with Crippen LogP contribution in [0, 0.1) is 20.8 Å². The number of rotatable bonds is 5. The van der Waals surface area contributed by atoms with Gasteiger partial charge in [0.05, 0.1) is 0 Å². The summed E-state index contributed by atoms with van der Waals surface area (Å²) in [6.07, 6.45) is 4.33. The smallest absolute Gasteiger partial charge is 0.255 e. The van der Waals surface area contributed by atoms with Crippen molar-refractivity contribution in [2.75, 3.05) is 5.32 Å². The molecule has 2 N–H and O–H groups in total. The van der Waals surface area contributed by atoms with Gasteiger partial charge in [-0.3, -0.25) is 14.2 Å². The van der Waals surface area contributed by atoms with Gasteiger partial charge >= 0.3 is 0 Å². The molecule has 6 heteroatoms. The monoisotopic (exact) mass is 354 g/mol. The standard InChI is InChI=1S/C20H26N4O2/c1-13-8-14(2)10-17(9-13)23-20-21-15(3)11-19(26)24(20)12-18(25)22-16-6-4-5-7-16/h8-11,16H,4-7,12H2,1-3H3,(H,21,23)(H,22,25). The second kappa shape index (κ2) is 7.72. The normalized spacial score (nSPS) is 14.4. The molecule has 1 amide bonds. The Morgan fingerprint density at radius 2 is 1.77 bits per heavy atom. The molecule has 3 rings (SSSR count). The highest BCUT2D eigenvalue weighted by Crippen LogP contribution is 2.19. The van der Waals surface area contributed by atoms with Crippen molar-refractivity contribution in [1.29, 1.82) is 0 Å². The number of anilines is 2. The summed E-state index contributed by atoms with van der Waals surface area (Å²) in [6, 6.07) is 7.74. The molecule has 1 aromatic carbocycles. The molecular weight excluding hydrogens is 328 g/mol. The number of nitrogens with one attached hydrogen (secondary N) is 2. The summed E-state index contributed by atoms with van der Waals surface area (Å²) in [6.45, 7) is 5.78. The molecule has 0 spiro atoms. The van der Waals surface area contributed by atoms with Crippen molar-refractivity contribution in [2.45, 2.75) is 59.0 Å². The van der Waals surface area contributed by atoms with E-state index in [9.17, 15) is 9.59 Å². The number of amides is 1. The second-order valence-corrected chi connectivity index (χ2v) is 7.20. The van der Waals surface area contributed by atoms with Gasteiger partial charge in [0, 0.05) is 23.5 Å². The van der Waals surface area contributed by atoms with E-state index >= 15 is 0 Å². The highest BCUT2D eigenvalue weighted by atomic mass is 16.2. The Labute approximate surface area is 153 Å². The van der Waals surface area contributed by atoms with Crippen LogP contribution in [0.2, 0.25) is 0 Å². The van der Waals surface area contributed by atoms with Gasteiger partial charge in [0.15, 0.2) is 0 Å². The minimum Gasteiger partial charge on any atom is -0.352 e. The highest BCUT2D eigenvalue weighted by molar-refractivity contribution is 5.76. The second-order valence-electron chi connectivity index (χ2n) is 7.20. The summed E-state index contributed by atoms with van der Waals surface area (Å²) in [5, 5.41) is 6.23. The predicted molar refractivity (Wildman–Crippen MR) is 103 cm³/mol. The first-order chi connectivity index (χ1) is 12.4. The first kappa shape index (κ1) is 18.2. The molecule has 1 saturated carbocycles. The zero-order chi connectivity index (χ0) is 18.7. The number of carbonyl (C=O) groups is 1. The Bertz CT molecular complexity index is 846. The van der Waals surface area contributed by atoms with E-state index in [-0.39, 0.29) is 24.1 Å².